The fourth-order valence-electron chi connectivity index (χ4n) is 1.34. The first-order chi connectivity index (χ1) is 9.11. The number of benzene rings is 1. The molecule has 0 saturated heterocycles. The van der Waals surface area contributed by atoms with Crippen LogP contribution in [0.15, 0.2) is 18.2 Å². The first-order valence-electron chi connectivity index (χ1n) is 5.59. The Labute approximate surface area is 122 Å². The van der Waals surface area contributed by atoms with Gasteiger partial charge < -0.3 is 5.32 Å². The maximum Gasteiger partial charge on any atom is 0.416 e. The summed E-state index contributed by atoms with van der Waals surface area (Å²) in [6.45, 7) is 1.77. The Morgan fingerprint density at radius 2 is 2.00 bits per heavy atom. The van der Waals surface area contributed by atoms with Gasteiger partial charge in [-0.15, -0.1) is 0 Å². The topological polar surface area (TPSA) is 46.2 Å². The minimum absolute atomic E-state index is 0.107. The number of amides is 1. The molecule has 1 rings (SSSR count). The molecule has 0 aliphatic carbocycles. The van der Waals surface area contributed by atoms with Gasteiger partial charge in [-0.2, -0.15) is 13.2 Å². The molecule has 0 aliphatic rings. The van der Waals surface area contributed by atoms with Crippen molar-refractivity contribution < 1.29 is 22.2 Å². The molecule has 1 amide bonds. The molecular weight excluding hydrogens is 315 g/mol. The van der Waals surface area contributed by atoms with Gasteiger partial charge in [0.15, 0.2) is 0 Å². The largest absolute Gasteiger partial charge is 0.416 e. The molecule has 0 saturated carbocycles. The minimum atomic E-state index is -4.57. The van der Waals surface area contributed by atoms with E-state index in [0.29, 0.717) is 0 Å². The number of rotatable bonds is 4. The summed E-state index contributed by atoms with van der Waals surface area (Å²) in [4.78, 5) is 11.8. The third-order valence-electron chi connectivity index (χ3n) is 2.60. The number of alkyl halides is 3. The second-order valence-corrected chi connectivity index (χ2v) is 6.48. The van der Waals surface area contributed by atoms with Gasteiger partial charge in [0, 0.05) is 39.4 Å². The Kier molecular flexibility index (Phi) is 5.59. The number of hydrogen-bond acceptors (Lipinski definition) is 2. The fourth-order valence-corrected chi connectivity index (χ4v) is 1.89. The van der Waals surface area contributed by atoms with E-state index in [1.54, 1.807) is 6.92 Å². The summed E-state index contributed by atoms with van der Waals surface area (Å²) in [6.07, 6.45) is -3.09. The van der Waals surface area contributed by atoms with Crippen LogP contribution in [0.2, 0.25) is 5.02 Å². The molecule has 0 unspecified atom stereocenters. The van der Waals surface area contributed by atoms with E-state index in [1.807, 2.05) is 0 Å². The Morgan fingerprint density at radius 1 is 1.40 bits per heavy atom. The van der Waals surface area contributed by atoms with Crippen molar-refractivity contribution in [3.05, 3.63) is 34.3 Å². The van der Waals surface area contributed by atoms with Crippen LogP contribution in [0.4, 0.5) is 13.2 Å². The highest BCUT2D eigenvalue weighted by molar-refractivity contribution is 7.84. The maximum absolute atomic E-state index is 12.6. The molecule has 3 nitrogen and oxygen atoms in total. The first kappa shape index (κ1) is 17.0. The molecule has 0 aromatic heterocycles. The minimum Gasteiger partial charge on any atom is -0.351 e. The Hall–Kier alpha value is -1.08. The van der Waals surface area contributed by atoms with Crippen molar-refractivity contribution in [2.75, 3.05) is 12.8 Å². The Morgan fingerprint density at radius 3 is 2.50 bits per heavy atom. The molecule has 8 heteroatoms. The molecule has 0 radical (unpaired) electrons. The zero-order chi connectivity index (χ0) is 15.5. The summed E-state index contributed by atoms with van der Waals surface area (Å²) in [5.41, 5.74) is -1.17. The molecule has 1 N–H and O–H groups in total. The molecule has 112 valence electrons. The summed E-state index contributed by atoms with van der Waals surface area (Å²) in [6, 6.07) is 2.64. The summed E-state index contributed by atoms with van der Waals surface area (Å²) in [5, 5.41) is 1.97. The molecule has 0 heterocycles. The average molecular weight is 328 g/mol. The summed E-state index contributed by atoms with van der Waals surface area (Å²) >= 11 is 5.58. The molecule has 20 heavy (non-hydrogen) atoms. The molecule has 2 atom stereocenters. The summed E-state index contributed by atoms with van der Waals surface area (Å²) in [5.74, 6) is -0.685. The summed E-state index contributed by atoms with van der Waals surface area (Å²) in [7, 11) is -1.13. The van der Waals surface area contributed by atoms with Gasteiger partial charge in [0.1, 0.15) is 0 Å². The molecule has 1 aromatic rings. The van der Waals surface area contributed by atoms with E-state index in [-0.39, 0.29) is 22.4 Å². The predicted molar refractivity (Wildman–Crippen MR) is 72.3 cm³/mol. The third kappa shape index (κ3) is 4.79. The van der Waals surface area contributed by atoms with Gasteiger partial charge in [0.2, 0.25) is 0 Å². The monoisotopic (exact) mass is 327 g/mol. The van der Waals surface area contributed by atoms with Crippen molar-refractivity contribution in [3.8, 4) is 0 Å². The number of nitrogens with one attached hydrogen (secondary N) is 1. The average Bonchev–Trinajstić information content (AvgIpc) is 2.33. The normalized spacial score (nSPS) is 14.7. The summed E-state index contributed by atoms with van der Waals surface area (Å²) < 4.78 is 48.9. The van der Waals surface area contributed by atoms with Crippen molar-refractivity contribution in [1.82, 2.24) is 5.32 Å². The van der Waals surface area contributed by atoms with Gasteiger partial charge in [-0.1, -0.05) is 11.6 Å². The first-order valence-corrected chi connectivity index (χ1v) is 7.59. The highest BCUT2D eigenvalue weighted by Gasteiger charge is 2.31. The third-order valence-corrected chi connectivity index (χ3v) is 4.12. The van der Waals surface area contributed by atoms with E-state index in [4.69, 9.17) is 11.6 Å². The van der Waals surface area contributed by atoms with Crippen LogP contribution in [0.3, 0.4) is 0 Å². The van der Waals surface area contributed by atoms with Crippen molar-refractivity contribution in [2.24, 2.45) is 0 Å². The van der Waals surface area contributed by atoms with Crippen LogP contribution in [0, 0.1) is 0 Å². The molecular formula is C12H13ClF3NO2S. The van der Waals surface area contributed by atoms with Crippen molar-refractivity contribution in [1.29, 1.82) is 0 Å². The Bertz CT molecular complexity index is 534. The quantitative estimate of drug-likeness (QED) is 0.924. The second kappa shape index (κ2) is 6.58. The van der Waals surface area contributed by atoms with E-state index in [9.17, 15) is 22.2 Å². The number of carbonyl (C=O) groups is 1. The lowest BCUT2D eigenvalue weighted by atomic mass is 10.1. The number of carbonyl (C=O) groups excluding carboxylic acids is 1. The van der Waals surface area contributed by atoms with E-state index >= 15 is 0 Å². The zero-order valence-electron chi connectivity index (χ0n) is 10.8. The van der Waals surface area contributed by atoms with Crippen molar-refractivity contribution in [2.45, 2.75) is 18.3 Å². The highest BCUT2D eigenvalue weighted by atomic mass is 35.5. The smallest absolute Gasteiger partial charge is 0.351 e. The molecule has 0 fully saturated rings. The van der Waals surface area contributed by atoms with Gasteiger partial charge in [0.05, 0.1) is 5.56 Å². The standard InChI is InChI=1S/C12H13ClF3NO2S/c1-7(20(2)19)6-17-11(18)8-3-9(12(14,15)16)5-10(13)4-8/h3-5,7H,6H2,1-2H3,(H,17,18)/t7-,20+/m0/s1. The van der Waals surface area contributed by atoms with E-state index < -0.39 is 28.4 Å². The van der Waals surface area contributed by atoms with Gasteiger partial charge >= 0.3 is 6.18 Å². The lowest BCUT2D eigenvalue weighted by Crippen LogP contribution is -2.32. The van der Waals surface area contributed by atoms with Crippen LogP contribution in [-0.2, 0) is 17.0 Å². The number of hydrogen-bond donors (Lipinski definition) is 1. The molecule has 0 bridgehead atoms. The van der Waals surface area contributed by atoms with Crippen LogP contribution < -0.4 is 5.32 Å². The van der Waals surface area contributed by atoms with E-state index in [1.165, 1.54) is 6.26 Å². The second-order valence-electron chi connectivity index (χ2n) is 4.25. The van der Waals surface area contributed by atoms with Gasteiger partial charge in [-0.3, -0.25) is 9.00 Å². The van der Waals surface area contributed by atoms with Crippen LogP contribution >= 0.6 is 11.6 Å². The molecule has 0 aliphatic heterocycles. The molecule has 0 spiro atoms. The van der Waals surface area contributed by atoms with Crippen molar-refractivity contribution in [3.63, 3.8) is 0 Å². The highest BCUT2D eigenvalue weighted by Crippen LogP contribution is 2.31. The lowest BCUT2D eigenvalue weighted by molar-refractivity contribution is -0.137. The van der Waals surface area contributed by atoms with Crippen LogP contribution in [0.25, 0.3) is 0 Å². The van der Waals surface area contributed by atoms with Crippen LogP contribution in [-0.4, -0.2) is 28.2 Å². The van der Waals surface area contributed by atoms with Crippen molar-refractivity contribution >= 4 is 28.3 Å². The Balaban J connectivity index is 2.88. The van der Waals surface area contributed by atoms with Gasteiger partial charge in [-0.05, 0) is 25.1 Å². The number of halogens is 4. The predicted octanol–water partition coefficient (Wildman–Crippen LogP) is 2.86. The SMILES string of the molecule is C[C@@H](CNC(=O)c1cc(Cl)cc(C(F)(F)F)c1)[S@@](C)=O. The van der Waals surface area contributed by atoms with E-state index in [2.05, 4.69) is 5.32 Å². The van der Waals surface area contributed by atoms with E-state index in [0.717, 1.165) is 18.2 Å². The van der Waals surface area contributed by atoms with Gasteiger partial charge in [-0.25, -0.2) is 0 Å². The van der Waals surface area contributed by atoms with Crippen LogP contribution in [0.1, 0.15) is 22.8 Å². The maximum atomic E-state index is 12.6. The fraction of sp³-hybridized carbons (Fsp3) is 0.417. The zero-order valence-corrected chi connectivity index (χ0v) is 12.3. The van der Waals surface area contributed by atoms with Gasteiger partial charge in [0.25, 0.3) is 5.91 Å². The molecule has 1 aromatic carbocycles. The van der Waals surface area contributed by atoms with Crippen LogP contribution in [0.5, 0.6) is 0 Å². The lowest BCUT2D eigenvalue weighted by Gasteiger charge is -2.12.